The molecule has 140 valence electrons. The Morgan fingerprint density at radius 3 is 2.48 bits per heavy atom. The van der Waals surface area contributed by atoms with E-state index in [4.69, 9.17) is 27.2 Å². The quantitative estimate of drug-likeness (QED) is 0.446. The molecule has 0 aromatic heterocycles. The molecule has 0 spiro atoms. The van der Waals surface area contributed by atoms with E-state index >= 15 is 0 Å². The second-order valence-electron chi connectivity index (χ2n) is 6.56. The fourth-order valence-electron chi connectivity index (χ4n) is 2.20. The number of amides is 1. The topological polar surface area (TPSA) is 102 Å². The molecule has 0 aliphatic carbocycles. The number of phenols is 1. The molecule has 2 rings (SSSR count). The van der Waals surface area contributed by atoms with Gasteiger partial charge in [0, 0.05) is 17.6 Å². The standard InChI is InChI=1S/C11H19NO4.C6H6ClNO/c1-11(2,3)16-10(14)12-7-5-6-8(12)9(13)15-4;7-4-1-2-5(8)6(9)3-4/h8H,5-7H2,1-4H3;1-3,9H,8H2. The third kappa shape index (κ3) is 6.70. The smallest absolute Gasteiger partial charge is 0.411 e. The number of rotatable bonds is 1. The molecule has 1 aromatic rings. The molecule has 8 heteroatoms. The van der Waals surface area contributed by atoms with Gasteiger partial charge >= 0.3 is 12.1 Å². The van der Waals surface area contributed by atoms with Crippen molar-refractivity contribution in [2.45, 2.75) is 45.3 Å². The molecule has 1 aliphatic heterocycles. The van der Waals surface area contributed by atoms with Crippen LogP contribution in [0, 0.1) is 0 Å². The van der Waals surface area contributed by atoms with E-state index in [-0.39, 0.29) is 11.7 Å². The molecular weight excluding hydrogens is 348 g/mol. The maximum Gasteiger partial charge on any atom is 0.411 e. The molecule has 3 N–H and O–H groups in total. The van der Waals surface area contributed by atoms with Gasteiger partial charge in [0.1, 0.15) is 17.4 Å². The van der Waals surface area contributed by atoms with Crippen molar-refractivity contribution in [3.8, 4) is 5.75 Å². The number of aromatic hydroxyl groups is 1. The van der Waals surface area contributed by atoms with Crippen LogP contribution in [0.2, 0.25) is 5.02 Å². The highest BCUT2D eigenvalue weighted by Crippen LogP contribution is 2.23. The third-order valence-corrected chi connectivity index (χ3v) is 3.58. The fourth-order valence-corrected chi connectivity index (χ4v) is 2.37. The number of esters is 1. The van der Waals surface area contributed by atoms with E-state index in [1.807, 2.05) is 0 Å². The number of nitrogens with zero attached hydrogens (tertiary/aromatic N) is 1. The Hall–Kier alpha value is -2.15. The maximum absolute atomic E-state index is 11.8. The Labute approximate surface area is 152 Å². The zero-order chi connectivity index (χ0) is 19.2. The molecule has 1 heterocycles. The van der Waals surface area contributed by atoms with Crippen molar-refractivity contribution in [3.05, 3.63) is 23.2 Å². The number of methoxy groups -OCH3 is 1. The summed E-state index contributed by atoms with van der Waals surface area (Å²) in [6.07, 6.45) is 1.01. The van der Waals surface area contributed by atoms with E-state index in [2.05, 4.69) is 4.74 Å². The number of likely N-dealkylation sites (tertiary alicyclic amines) is 1. The van der Waals surface area contributed by atoms with E-state index in [9.17, 15) is 9.59 Å². The van der Waals surface area contributed by atoms with Crippen molar-refractivity contribution >= 4 is 29.4 Å². The molecule has 7 nitrogen and oxygen atoms in total. The van der Waals surface area contributed by atoms with Crippen LogP contribution in [0.25, 0.3) is 0 Å². The summed E-state index contributed by atoms with van der Waals surface area (Å²) in [5.74, 6) is -0.342. The normalized spacial score (nSPS) is 16.7. The van der Waals surface area contributed by atoms with E-state index < -0.39 is 17.7 Å². The van der Waals surface area contributed by atoms with Crippen LogP contribution in [0.3, 0.4) is 0 Å². The monoisotopic (exact) mass is 372 g/mol. The van der Waals surface area contributed by atoms with Gasteiger partial charge in [-0.2, -0.15) is 0 Å². The molecule has 0 bridgehead atoms. The summed E-state index contributed by atoms with van der Waals surface area (Å²) in [6, 6.07) is 4.09. The minimum Gasteiger partial charge on any atom is -0.506 e. The van der Waals surface area contributed by atoms with Gasteiger partial charge in [0.05, 0.1) is 12.8 Å². The lowest BCUT2D eigenvalue weighted by Gasteiger charge is -2.27. The molecule has 1 unspecified atom stereocenters. The predicted octanol–water partition coefficient (Wildman–Crippen LogP) is 3.19. The minimum absolute atomic E-state index is 0.0301. The van der Waals surface area contributed by atoms with Crippen LogP contribution in [-0.2, 0) is 14.3 Å². The Balaban J connectivity index is 0.000000293. The van der Waals surface area contributed by atoms with Crippen LogP contribution in [0.5, 0.6) is 5.75 Å². The lowest BCUT2D eigenvalue weighted by atomic mass is 10.2. The first-order valence-corrected chi connectivity index (χ1v) is 8.24. The predicted molar refractivity (Wildman–Crippen MR) is 95.5 cm³/mol. The first kappa shape index (κ1) is 20.9. The van der Waals surface area contributed by atoms with Gasteiger partial charge < -0.3 is 20.3 Å². The number of benzene rings is 1. The van der Waals surface area contributed by atoms with Crippen molar-refractivity contribution in [1.29, 1.82) is 0 Å². The number of phenolic OH excluding ortho intramolecular Hbond substituents is 1. The average Bonchev–Trinajstić information content (AvgIpc) is 2.99. The van der Waals surface area contributed by atoms with E-state index in [1.165, 1.54) is 18.1 Å². The number of ether oxygens (including phenoxy) is 2. The minimum atomic E-state index is -0.541. The van der Waals surface area contributed by atoms with Gasteiger partial charge in [-0.25, -0.2) is 9.59 Å². The number of halogens is 1. The lowest BCUT2D eigenvalue weighted by molar-refractivity contribution is -0.145. The molecular formula is C17H25ClN2O5. The van der Waals surface area contributed by atoms with Gasteiger partial charge in [-0.1, -0.05) is 11.6 Å². The molecule has 1 fully saturated rings. The Morgan fingerprint density at radius 1 is 1.36 bits per heavy atom. The molecule has 1 amide bonds. The van der Waals surface area contributed by atoms with Gasteiger partial charge in [0.2, 0.25) is 0 Å². The molecule has 25 heavy (non-hydrogen) atoms. The summed E-state index contributed by atoms with van der Waals surface area (Å²) in [4.78, 5) is 24.7. The SMILES string of the molecule is COC(=O)C1CCCN1C(=O)OC(C)(C)C.Nc1ccc(Cl)cc1O. The van der Waals surface area contributed by atoms with Crippen molar-refractivity contribution < 1.29 is 24.2 Å². The largest absolute Gasteiger partial charge is 0.506 e. The van der Waals surface area contributed by atoms with Gasteiger partial charge in [-0.3, -0.25) is 4.90 Å². The van der Waals surface area contributed by atoms with Gasteiger partial charge in [0.15, 0.2) is 0 Å². The van der Waals surface area contributed by atoms with Crippen molar-refractivity contribution in [3.63, 3.8) is 0 Å². The molecule has 0 saturated carbocycles. The lowest BCUT2D eigenvalue weighted by Crippen LogP contribution is -2.43. The average molecular weight is 373 g/mol. The summed E-state index contributed by atoms with van der Waals surface area (Å²) in [5.41, 5.74) is 5.09. The molecule has 1 aromatic carbocycles. The van der Waals surface area contributed by atoms with Crippen LogP contribution in [0.15, 0.2) is 18.2 Å². The Bertz CT molecular complexity index is 616. The third-order valence-electron chi connectivity index (χ3n) is 3.35. The van der Waals surface area contributed by atoms with Gasteiger partial charge in [-0.05, 0) is 45.7 Å². The number of hydrogen-bond donors (Lipinski definition) is 2. The highest BCUT2D eigenvalue weighted by atomic mass is 35.5. The number of carbonyl (C=O) groups is 2. The molecule has 1 atom stereocenters. The van der Waals surface area contributed by atoms with E-state index in [0.29, 0.717) is 23.7 Å². The number of nitrogens with two attached hydrogens (primary N) is 1. The highest BCUT2D eigenvalue weighted by molar-refractivity contribution is 6.30. The first-order valence-electron chi connectivity index (χ1n) is 7.86. The highest BCUT2D eigenvalue weighted by Gasteiger charge is 2.37. The van der Waals surface area contributed by atoms with Crippen molar-refractivity contribution in [2.24, 2.45) is 0 Å². The number of nitrogen functional groups attached to an aromatic ring is 1. The zero-order valence-electron chi connectivity index (χ0n) is 14.9. The van der Waals surface area contributed by atoms with Crippen LogP contribution < -0.4 is 5.73 Å². The summed E-state index contributed by atoms with van der Waals surface area (Å²) in [6.45, 7) is 5.95. The molecule has 1 saturated heterocycles. The molecule has 1 aliphatic rings. The molecule has 0 radical (unpaired) electrons. The van der Waals surface area contributed by atoms with Crippen molar-refractivity contribution in [1.82, 2.24) is 4.90 Å². The van der Waals surface area contributed by atoms with Crippen LogP contribution in [-0.4, -0.2) is 47.4 Å². The summed E-state index contributed by atoms with van der Waals surface area (Å²) < 4.78 is 9.88. The van der Waals surface area contributed by atoms with Crippen LogP contribution in [0.4, 0.5) is 10.5 Å². The Kier molecular flexibility index (Phi) is 7.36. The summed E-state index contributed by atoms with van der Waals surface area (Å²) in [7, 11) is 1.33. The second-order valence-corrected chi connectivity index (χ2v) is 6.99. The fraction of sp³-hybridized carbons (Fsp3) is 0.529. The Morgan fingerprint density at radius 2 is 2.00 bits per heavy atom. The summed E-state index contributed by atoms with van der Waals surface area (Å²) >= 11 is 5.50. The second kappa shape index (κ2) is 8.80. The van der Waals surface area contributed by atoms with E-state index in [0.717, 1.165) is 6.42 Å². The van der Waals surface area contributed by atoms with Crippen molar-refractivity contribution in [2.75, 3.05) is 19.4 Å². The van der Waals surface area contributed by atoms with Gasteiger partial charge in [0.25, 0.3) is 0 Å². The number of anilines is 1. The van der Waals surface area contributed by atoms with Crippen LogP contribution in [0.1, 0.15) is 33.6 Å². The first-order chi connectivity index (χ1) is 11.5. The van der Waals surface area contributed by atoms with Crippen LogP contribution >= 0.6 is 11.6 Å². The zero-order valence-corrected chi connectivity index (χ0v) is 15.7. The van der Waals surface area contributed by atoms with Gasteiger partial charge in [-0.15, -0.1) is 0 Å². The number of carbonyl (C=O) groups excluding carboxylic acids is 2. The number of hydrogen-bond acceptors (Lipinski definition) is 6. The summed E-state index contributed by atoms with van der Waals surface area (Å²) in [5, 5.41) is 9.38. The maximum atomic E-state index is 11.8. The van der Waals surface area contributed by atoms with E-state index in [1.54, 1.807) is 32.9 Å².